The van der Waals surface area contributed by atoms with E-state index < -0.39 is 5.97 Å². The summed E-state index contributed by atoms with van der Waals surface area (Å²) in [5, 5.41) is 7.83. The Kier molecular flexibility index (Phi) is 8.96. The normalized spacial score (nSPS) is 6.38. The number of carboxylic acid groups (broad SMARTS) is 1. The Morgan fingerprint density at radius 1 is 1.62 bits per heavy atom. The van der Waals surface area contributed by atoms with Crippen LogP contribution in [0.15, 0.2) is 5.57 Å². The summed E-state index contributed by atoms with van der Waals surface area (Å²) >= 11 is 0.750. The molecule has 0 spiro atoms. The second kappa shape index (κ2) is 6.72. The SMILES string of the molecule is [CH-]=C(C)C(=O)O.[O]=[Ti+]. The first kappa shape index (κ1) is 10.7. The Balaban J connectivity index is 0. The second-order valence-corrected chi connectivity index (χ2v) is 0.988. The zero-order valence-electron chi connectivity index (χ0n) is 4.34. The van der Waals surface area contributed by atoms with Crippen LogP contribution in [0.1, 0.15) is 6.92 Å². The summed E-state index contributed by atoms with van der Waals surface area (Å²) in [4.78, 5) is 9.54. The van der Waals surface area contributed by atoms with E-state index in [1.165, 1.54) is 6.92 Å². The molecule has 0 aromatic carbocycles. The molecule has 0 aliphatic heterocycles. The molecule has 0 aliphatic carbocycles. The zero-order valence-corrected chi connectivity index (χ0v) is 5.90. The molecule has 0 unspecified atom stereocenters. The van der Waals surface area contributed by atoms with Gasteiger partial charge >= 0.3 is 23.7 Å². The van der Waals surface area contributed by atoms with Gasteiger partial charge in [-0.25, -0.2) is 0 Å². The van der Waals surface area contributed by atoms with Crippen LogP contribution in [-0.4, -0.2) is 11.1 Å². The van der Waals surface area contributed by atoms with E-state index in [-0.39, 0.29) is 5.57 Å². The van der Waals surface area contributed by atoms with Gasteiger partial charge in [0.15, 0.2) is 5.97 Å². The second-order valence-electron chi connectivity index (χ2n) is 0.988. The number of hydrogen-bond acceptors (Lipinski definition) is 2. The minimum atomic E-state index is -1.05. The van der Waals surface area contributed by atoms with Crippen molar-refractivity contribution in [2.45, 2.75) is 6.92 Å². The summed E-state index contributed by atoms with van der Waals surface area (Å²) in [5.41, 5.74) is -0.0741. The van der Waals surface area contributed by atoms with Crippen molar-refractivity contribution >= 4 is 5.97 Å². The molecule has 0 atom stereocenters. The molecule has 0 saturated heterocycles. The number of hydrogen-bond donors (Lipinski definition) is 1. The van der Waals surface area contributed by atoms with Gasteiger partial charge < -0.3 is 9.90 Å². The Morgan fingerprint density at radius 3 is 1.75 bits per heavy atom. The Hall–Kier alpha value is -0.276. The first-order valence-corrected chi connectivity index (χ1v) is 2.31. The molecule has 1 N–H and O–H groups in total. The molecule has 0 bridgehead atoms. The molecule has 0 radical (unpaired) electrons. The van der Waals surface area contributed by atoms with E-state index in [0.29, 0.717) is 0 Å². The number of aliphatic carboxylic acids is 1. The van der Waals surface area contributed by atoms with Crippen molar-refractivity contribution in [3.8, 4) is 0 Å². The molecule has 0 aliphatic rings. The average molecular weight is 149 g/mol. The van der Waals surface area contributed by atoms with Gasteiger partial charge in [0.2, 0.25) is 0 Å². The molecule has 0 heterocycles. The van der Waals surface area contributed by atoms with Gasteiger partial charge in [0.1, 0.15) is 0 Å². The van der Waals surface area contributed by atoms with Gasteiger partial charge in [0.05, 0.1) is 0 Å². The third kappa shape index (κ3) is 9.21. The van der Waals surface area contributed by atoms with Crippen LogP contribution in [0.25, 0.3) is 0 Å². The Labute approximate surface area is 59.1 Å². The molecule has 0 aromatic heterocycles. The van der Waals surface area contributed by atoms with Gasteiger partial charge in [-0.2, -0.15) is 0 Å². The molecule has 0 fully saturated rings. The van der Waals surface area contributed by atoms with Crippen LogP contribution in [0, 0.1) is 6.58 Å². The van der Waals surface area contributed by atoms with E-state index in [2.05, 4.69) is 0 Å². The van der Waals surface area contributed by atoms with Crippen molar-refractivity contribution in [3.63, 3.8) is 0 Å². The predicted octanol–water partition coefficient (Wildman–Crippen LogP) is 0.329. The standard InChI is InChI=1S/C4H5O2.O.Ti/c1-3(2)4(5)6;;/h1H,2H3,(H,5,6);;/q-1;;+1. The van der Waals surface area contributed by atoms with Gasteiger partial charge in [0, 0.05) is 0 Å². The molecule has 8 heavy (non-hydrogen) atoms. The number of carbonyl (C=O) groups is 1. The fourth-order valence-electron chi connectivity index (χ4n) is 0. The maximum atomic E-state index is 9.54. The molecular formula is C4H5O3Ti. The van der Waals surface area contributed by atoms with Crippen LogP contribution in [0.4, 0.5) is 0 Å². The Bertz CT molecular complexity index is 87.5. The van der Waals surface area contributed by atoms with Gasteiger partial charge in [-0.1, -0.05) is 6.92 Å². The summed E-state index contributed by atoms with van der Waals surface area (Å²) < 4.78 is 8.25. The van der Waals surface area contributed by atoms with Crippen molar-refractivity contribution in [3.05, 3.63) is 12.2 Å². The topological polar surface area (TPSA) is 54.4 Å². The van der Waals surface area contributed by atoms with Crippen LogP contribution in [-0.2, 0) is 28.5 Å². The van der Waals surface area contributed by atoms with Crippen molar-refractivity contribution in [2.75, 3.05) is 0 Å². The molecule has 0 rings (SSSR count). The summed E-state index contributed by atoms with van der Waals surface area (Å²) in [6.45, 7) is 6.09. The predicted molar refractivity (Wildman–Crippen MR) is 21.8 cm³/mol. The van der Waals surface area contributed by atoms with Crippen LogP contribution >= 0.6 is 0 Å². The molecule has 4 heteroatoms. The van der Waals surface area contributed by atoms with Crippen molar-refractivity contribution in [1.82, 2.24) is 0 Å². The summed E-state index contributed by atoms with van der Waals surface area (Å²) in [5.74, 6) is -1.05. The van der Waals surface area contributed by atoms with E-state index >= 15 is 0 Å². The monoisotopic (exact) mass is 149 g/mol. The molecule has 43 valence electrons. The van der Waals surface area contributed by atoms with Crippen LogP contribution in [0.3, 0.4) is 0 Å². The molecular weight excluding hydrogens is 144 g/mol. The summed E-state index contributed by atoms with van der Waals surface area (Å²) in [6.07, 6.45) is 0. The van der Waals surface area contributed by atoms with Crippen LogP contribution < -0.4 is 0 Å². The zero-order chi connectivity index (χ0) is 7.15. The first-order chi connectivity index (χ1) is 3.64. The molecule has 0 aromatic rings. The molecule has 3 nitrogen and oxygen atoms in total. The number of carboxylic acids is 1. The van der Waals surface area contributed by atoms with E-state index in [0.717, 1.165) is 20.4 Å². The molecule has 0 saturated carbocycles. The van der Waals surface area contributed by atoms with Gasteiger partial charge in [0.25, 0.3) is 0 Å². The summed E-state index contributed by atoms with van der Waals surface area (Å²) in [7, 11) is 0. The third-order valence-electron chi connectivity index (χ3n) is 0.337. The Morgan fingerprint density at radius 2 is 1.75 bits per heavy atom. The van der Waals surface area contributed by atoms with Gasteiger partial charge in [-0.3, -0.25) is 6.58 Å². The van der Waals surface area contributed by atoms with E-state index in [1.807, 2.05) is 0 Å². The van der Waals surface area contributed by atoms with E-state index in [4.69, 9.17) is 15.0 Å². The number of rotatable bonds is 1. The van der Waals surface area contributed by atoms with E-state index in [9.17, 15) is 4.79 Å². The minimum absolute atomic E-state index is 0.0741. The maximum absolute atomic E-state index is 9.54. The summed E-state index contributed by atoms with van der Waals surface area (Å²) in [6, 6.07) is 0. The van der Waals surface area contributed by atoms with Gasteiger partial charge in [-0.15, -0.1) is 5.57 Å². The van der Waals surface area contributed by atoms with Crippen molar-refractivity contribution in [2.24, 2.45) is 0 Å². The fraction of sp³-hybridized carbons (Fsp3) is 0.250. The van der Waals surface area contributed by atoms with Crippen LogP contribution in [0.2, 0.25) is 0 Å². The third-order valence-corrected chi connectivity index (χ3v) is 0.337. The van der Waals surface area contributed by atoms with Gasteiger partial charge in [-0.05, 0) is 0 Å². The van der Waals surface area contributed by atoms with Crippen molar-refractivity contribution in [1.29, 1.82) is 0 Å². The average Bonchev–Trinajstić information content (AvgIpc) is 1.72. The van der Waals surface area contributed by atoms with E-state index in [1.54, 1.807) is 0 Å². The molecule has 0 amide bonds. The van der Waals surface area contributed by atoms with Crippen LogP contribution in [0.5, 0.6) is 0 Å². The quantitative estimate of drug-likeness (QED) is 0.332. The van der Waals surface area contributed by atoms with Crippen molar-refractivity contribution < 1.29 is 33.6 Å². The fourth-order valence-corrected chi connectivity index (χ4v) is 0. The first-order valence-electron chi connectivity index (χ1n) is 1.67.